The highest BCUT2D eigenvalue weighted by Gasteiger charge is 2.30. The molecule has 1 heterocycles. The molecule has 2 aromatic rings. The number of nitrogens with one attached hydrogen (secondary N) is 3. The lowest BCUT2D eigenvalue weighted by Gasteiger charge is -2.30. The topological polar surface area (TPSA) is 53.2 Å². The molecule has 0 spiro atoms. The van der Waals surface area contributed by atoms with Crippen LogP contribution in [0.15, 0.2) is 53.7 Å². The molecule has 2 aromatic carbocycles. The van der Waals surface area contributed by atoms with E-state index in [2.05, 4.69) is 16.0 Å². The minimum Gasteiger partial charge on any atom is -0.351 e. The summed E-state index contributed by atoms with van der Waals surface area (Å²) in [4.78, 5) is 13.0. The zero-order valence-corrected chi connectivity index (χ0v) is 16.5. The minimum absolute atomic E-state index is 0.227. The van der Waals surface area contributed by atoms with Gasteiger partial charge in [-0.05, 0) is 61.5 Å². The third-order valence-electron chi connectivity index (χ3n) is 4.23. The molecule has 0 fully saturated rings. The number of rotatable bonds is 3. The van der Waals surface area contributed by atoms with E-state index in [9.17, 15) is 4.79 Å². The molecule has 1 aliphatic heterocycles. The first-order valence-corrected chi connectivity index (χ1v) is 9.13. The highest BCUT2D eigenvalue weighted by molar-refractivity contribution is 7.80. The molecule has 0 radical (unpaired) electrons. The quantitative estimate of drug-likeness (QED) is 0.645. The molecule has 0 saturated heterocycles. The molecule has 3 rings (SSSR count). The maximum atomic E-state index is 13.0. The number of halogens is 2. The van der Waals surface area contributed by atoms with Crippen molar-refractivity contribution in [2.45, 2.75) is 19.9 Å². The minimum atomic E-state index is -0.375. The Hall–Kier alpha value is -2.08. The number of amides is 1. The van der Waals surface area contributed by atoms with Crippen LogP contribution in [0.1, 0.15) is 24.1 Å². The van der Waals surface area contributed by atoms with Crippen molar-refractivity contribution in [3.63, 3.8) is 0 Å². The van der Waals surface area contributed by atoms with Crippen LogP contribution in [0.3, 0.4) is 0 Å². The van der Waals surface area contributed by atoms with E-state index in [0.29, 0.717) is 32.1 Å². The van der Waals surface area contributed by atoms with Crippen LogP contribution in [0.2, 0.25) is 10.0 Å². The average molecular weight is 406 g/mol. The van der Waals surface area contributed by atoms with Crippen molar-refractivity contribution < 1.29 is 4.79 Å². The van der Waals surface area contributed by atoms with Crippen molar-refractivity contribution in [3.05, 3.63) is 74.9 Å². The average Bonchev–Trinajstić information content (AvgIpc) is 2.59. The Morgan fingerprint density at radius 1 is 1.12 bits per heavy atom. The fourth-order valence-electron chi connectivity index (χ4n) is 2.83. The number of thiocarbonyl (C=S) groups is 1. The molecule has 134 valence electrons. The molecule has 0 saturated carbocycles. The van der Waals surface area contributed by atoms with Crippen LogP contribution >= 0.6 is 35.4 Å². The fraction of sp³-hybridized carbons (Fsp3) is 0.158. The first-order valence-electron chi connectivity index (χ1n) is 7.97. The van der Waals surface area contributed by atoms with Crippen molar-refractivity contribution >= 4 is 52.1 Å². The number of benzene rings is 2. The Bertz CT molecular complexity index is 910. The van der Waals surface area contributed by atoms with Gasteiger partial charge in [0, 0.05) is 21.4 Å². The van der Waals surface area contributed by atoms with Gasteiger partial charge in [0.1, 0.15) is 0 Å². The summed E-state index contributed by atoms with van der Waals surface area (Å²) in [6.45, 7) is 3.69. The number of hydrogen-bond donors (Lipinski definition) is 3. The number of allylic oxidation sites excluding steroid dienone is 1. The van der Waals surface area contributed by atoms with E-state index in [0.717, 1.165) is 11.1 Å². The molecule has 0 aromatic heterocycles. The molecule has 26 heavy (non-hydrogen) atoms. The van der Waals surface area contributed by atoms with E-state index in [1.54, 1.807) is 24.3 Å². The normalized spacial score (nSPS) is 16.8. The molecule has 1 atom stereocenters. The van der Waals surface area contributed by atoms with E-state index in [4.69, 9.17) is 35.4 Å². The highest BCUT2D eigenvalue weighted by atomic mass is 35.5. The van der Waals surface area contributed by atoms with Gasteiger partial charge in [-0.1, -0.05) is 41.4 Å². The van der Waals surface area contributed by atoms with Crippen molar-refractivity contribution in [2.24, 2.45) is 0 Å². The molecule has 0 unspecified atom stereocenters. The lowest BCUT2D eigenvalue weighted by Crippen LogP contribution is -2.45. The van der Waals surface area contributed by atoms with Crippen LogP contribution in [0.5, 0.6) is 0 Å². The summed E-state index contributed by atoms with van der Waals surface area (Å²) < 4.78 is 0. The Labute approximate surface area is 167 Å². The number of anilines is 1. The number of hydrogen-bond acceptors (Lipinski definition) is 2. The molecule has 0 bridgehead atoms. The number of carbonyl (C=O) groups excluding carboxylic acids is 1. The summed E-state index contributed by atoms with van der Waals surface area (Å²) in [6.07, 6.45) is 0. The summed E-state index contributed by atoms with van der Waals surface area (Å²) in [5.74, 6) is -0.227. The second-order valence-electron chi connectivity index (χ2n) is 5.99. The molecule has 3 N–H and O–H groups in total. The Kier molecular flexibility index (Phi) is 5.51. The van der Waals surface area contributed by atoms with E-state index in [-0.39, 0.29) is 11.9 Å². The third-order valence-corrected chi connectivity index (χ3v) is 5.11. The van der Waals surface area contributed by atoms with Crippen LogP contribution in [-0.2, 0) is 4.79 Å². The Balaban J connectivity index is 1.96. The second kappa shape index (κ2) is 7.66. The number of carbonyl (C=O) groups is 1. The maximum Gasteiger partial charge on any atom is 0.255 e. The second-order valence-corrected chi connectivity index (χ2v) is 7.24. The van der Waals surface area contributed by atoms with Gasteiger partial charge in [-0.3, -0.25) is 4.79 Å². The first-order chi connectivity index (χ1) is 12.4. The summed E-state index contributed by atoms with van der Waals surface area (Å²) in [5.41, 5.74) is 3.64. The van der Waals surface area contributed by atoms with Gasteiger partial charge in [0.2, 0.25) is 0 Å². The van der Waals surface area contributed by atoms with Gasteiger partial charge in [0.15, 0.2) is 5.11 Å². The van der Waals surface area contributed by atoms with Crippen molar-refractivity contribution in [3.8, 4) is 0 Å². The van der Waals surface area contributed by atoms with Crippen LogP contribution in [0, 0.1) is 6.92 Å². The van der Waals surface area contributed by atoms with Gasteiger partial charge >= 0.3 is 0 Å². The SMILES string of the molecule is CC1=C(C(=O)Nc2cccc(Cl)c2C)[C@H](c2ccc(Cl)cc2)NC(=S)N1. The van der Waals surface area contributed by atoms with E-state index in [1.807, 2.05) is 32.0 Å². The summed E-state index contributed by atoms with van der Waals surface area (Å²) >= 11 is 17.4. The molecule has 1 amide bonds. The summed E-state index contributed by atoms with van der Waals surface area (Å²) in [6, 6.07) is 12.4. The monoisotopic (exact) mass is 405 g/mol. The van der Waals surface area contributed by atoms with E-state index >= 15 is 0 Å². The third kappa shape index (κ3) is 3.85. The molecule has 4 nitrogen and oxygen atoms in total. The predicted molar refractivity (Wildman–Crippen MR) is 111 cm³/mol. The fourth-order valence-corrected chi connectivity index (χ4v) is 3.40. The van der Waals surface area contributed by atoms with Gasteiger partial charge < -0.3 is 16.0 Å². The molecule has 1 aliphatic rings. The maximum absolute atomic E-state index is 13.0. The van der Waals surface area contributed by atoms with Gasteiger partial charge in [0.05, 0.1) is 11.6 Å². The summed E-state index contributed by atoms with van der Waals surface area (Å²) in [5, 5.41) is 10.8. The van der Waals surface area contributed by atoms with Crippen molar-refractivity contribution in [1.82, 2.24) is 10.6 Å². The van der Waals surface area contributed by atoms with Gasteiger partial charge in [-0.2, -0.15) is 0 Å². The zero-order valence-electron chi connectivity index (χ0n) is 14.2. The zero-order chi connectivity index (χ0) is 18.8. The Morgan fingerprint density at radius 2 is 1.81 bits per heavy atom. The van der Waals surface area contributed by atoms with Crippen molar-refractivity contribution in [2.75, 3.05) is 5.32 Å². The van der Waals surface area contributed by atoms with Gasteiger partial charge in [0.25, 0.3) is 5.91 Å². The van der Waals surface area contributed by atoms with Gasteiger partial charge in [-0.15, -0.1) is 0 Å². The molecule has 7 heteroatoms. The largest absolute Gasteiger partial charge is 0.351 e. The lowest BCUT2D eigenvalue weighted by molar-refractivity contribution is -0.113. The predicted octanol–water partition coefficient (Wildman–Crippen LogP) is 4.73. The van der Waals surface area contributed by atoms with Crippen LogP contribution in [0.25, 0.3) is 0 Å². The highest BCUT2D eigenvalue weighted by Crippen LogP contribution is 2.30. The van der Waals surface area contributed by atoms with Crippen molar-refractivity contribution in [1.29, 1.82) is 0 Å². The standard InChI is InChI=1S/C19H17Cl2N3OS/c1-10-14(21)4-3-5-15(10)23-18(25)16-11(2)22-19(26)24-17(16)12-6-8-13(20)9-7-12/h3-9,17H,1-2H3,(H,23,25)(H2,22,24,26)/t17-/m0/s1. The molecular formula is C19H17Cl2N3OS. The van der Waals surface area contributed by atoms with Gasteiger partial charge in [-0.25, -0.2) is 0 Å². The van der Waals surface area contributed by atoms with E-state index in [1.165, 1.54) is 0 Å². The Morgan fingerprint density at radius 3 is 2.50 bits per heavy atom. The van der Waals surface area contributed by atoms with Crippen LogP contribution in [-0.4, -0.2) is 11.0 Å². The summed E-state index contributed by atoms with van der Waals surface area (Å²) in [7, 11) is 0. The van der Waals surface area contributed by atoms with Crippen LogP contribution in [0.4, 0.5) is 5.69 Å². The van der Waals surface area contributed by atoms with Crippen LogP contribution < -0.4 is 16.0 Å². The van der Waals surface area contributed by atoms with E-state index < -0.39 is 0 Å². The molecule has 0 aliphatic carbocycles. The lowest BCUT2D eigenvalue weighted by atomic mass is 9.95. The molecular weight excluding hydrogens is 389 g/mol. The first kappa shape index (κ1) is 18.7. The smallest absolute Gasteiger partial charge is 0.255 e.